The number of rotatable bonds is 4. The van der Waals surface area contributed by atoms with Gasteiger partial charge in [-0.05, 0) is 24.1 Å². The van der Waals surface area contributed by atoms with Crippen molar-refractivity contribution in [2.24, 2.45) is 11.1 Å². The van der Waals surface area contributed by atoms with Crippen molar-refractivity contribution in [2.45, 2.75) is 20.3 Å². The summed E-state index contributed by atoms with van der Waals surface area (Å²) >= 11 is 5.93. The van der Waals surface area contributed by atoms with Crippen LogP contribution in [0.5, 0.6) is 0 Å². The normalized spacial score (nSPS) is 11.2. The maximum atomic E-state index is 11.7. The molecule has 0 aliphatic carbocycles. The molecule has 1 aromatic carbocycles. The number of halogens is 1. The second-order valence-corrected chi connectivity index (χ2v) is 4.98. The molecule has 0 heterocycles. The molecule has 0 aromatic heterocycles. The highest BCUT2D eigenvalue weighted by atomic mass is 35.5. The first-order valence-corrected chi connectivity index (χ1v) is 5.57. The van der Waals surface area contributed by atoms with E-state index < -0.39 is 0 Å². The summed E-state index contributed by atoms with van der Waals surface area (Å²) in [5.41, 5.74) is 6.02. The number of hydrogen-bond donors (Lipinski definition) is 2. The molecule has 1 rings (SSSR count). The third-order valence-electron chi connectivity index (χ3n) is 2.34. The van der Waals surface area contributed by atoms with Crippen molar-refractivity contribution in [3.05, 3.63) is 29.3 Å². The third-order valence-corrected chi connectivity index (χ3v) is 2.67. The second-order valence-electron chi connectivity index (χ2n) is 4.57. The van der Waals surface area contributed by atoms with Crippen molar-refractivity contribution in [1.82, 2.24) is 0 Å². The Morgan fingerprint density at radius 1 is 1.44 bits per heavy atom. The molecule has 0 spiro atoms. The molecule has 0 atom stereocenters. The molecule has 0 radical (unpaired) electrons. The molecule has 0 saturated carbocycles. The molecule has 0 unspecified atom stereocenters. The first-order valence-electron chi connectivity index (χ1n) is 5.19. The van der Waals surface area contributed by atoms with Crippen LogP contribution in [-0.2, 0) is 4.79 Å². The maximum Gasteiger partial charge on any atom is 0.224 e. The lowest BCUT2D eigenvalue weighted by Crippen LogP contribution is -2.29. The van der Waals surface area contributed by atoms with Crippen LogP contribution in [0, 0.1) is 5.41 Å². The van der Waals surface area contributed by atoms with Crippen LogP contribution in [0.2, 0.25) is 5.02 Å². The minimum atomic E-state index is -0.189. The quantitative estimate of drug-likeness (QED) is 0.850. The van der Waals surface area contributed by atoms with Gasteiger partial charge in [0.1, 0.15) is 0 Å². The van der Waals surface area contributed by atoms with Crippen LogP contribution in [0.4, 0.5) is 5.69 Å². The molecule has 0 bridgehead atoms. The molecule has 0 aliphatic heterocycles. The Labute approximate surface area is 101 Å². The minimum Gasteiger partial charge on any atom is -0.330 e. The Balaban J connectivity index is 2.62. The standard InChI is InChI=1S/C12H17ClN2O/c1-12(2,8-14)7-11(16)15-10-6-4-3-5-9(10)13/h3-6H,7-8,14H2,1-2H3,(H,15,16). The highest BCUT2D eigenvalue weighted by Crippen LogP contribution is 2.23. The molecular formula is C12H17ClN2O. The lowest BCUT2D eigenvalue weighted by atomic mass is 9.89. The first kappa shape index (κ1) is 13.0. The second kappa shape index (κ2) is 5.32. The van der Waals surface area contributed by atoms with Crippen LogP contribution in [-0.4, -0.2) is 12.5 Å². The topological polar surface area (TPSA) is 55.1 Å². The largest absolute Gasteiger partial charge is 0.330 e. The fraction of sp³-hybridized carbons (Fsp3) is 0.417. The van der Waals surface area contributed by atoms with Gasteiger partial charge >= 0.3 is 0 Å². The van der Waals surface area contributed by atoms with Gasteiger partial charge in [0.15, 0.2) is 0 Å². The number of carbonyl (C=O) groups excluding carboxylic acids is 1. The van der Waals surface area contributed by atoms with E-state index in [1.54, 1.807) is 12.1 Å². The van der Waals surface area contributed by atoms with Crippen LogP contribution >= 0.6 is 11.6 Å². The molecule has 16 heavy (non-hydrogen) atoms. The summed E-state index contributed by atoms with van der Waals surface area (Å²) in [6.45, 7) is 4.39. The van der Waals surface area contributed by atoms with Gasteiger partial charge in [-0.3, -0.25) is 4.79 Å². The fourth-order valence-electron chi connectivity index (χ4n) is 1.26. The maximum absolute atomic E-state index is 11.7. The van der Waals surface area contributed by atoms with E-state index in [-0.39, 0.29) is 11.3 Å². The first-order chi connectivity index (χ1) is 7.44. The summed E-state index contributed by atoms with van der Waals surface area (Å²) in [4.78, 5) is 11.7. The molecule has 0 saturated heterocycles. The Bertz CT molecular complexity index is 377. The number of para-hydroxylation sites is 1. The zero-order valence-electron chi connectivity index (χ0n) is 9.59. The van der Waals surface area contributed by atoms with E-state index in [0.717, 1.165) is 0 Å². The number of anilines is 1. The summed E-state index contributed by atoms with van der Waals surface area (Å²) < 4.78 is 0. The van der Waals surface area contributed by atoms with Crippen molar-refractivity contribution < 1.29 is 4.79 Å². The molecule has 88 valence electrons. The van der Waals surface area contributed by atoms with E-state index in [2.05, 4.69) is 5.32 Å². The average Bonchev–Trinajstić information content (AvgIpc) is 2.21. The van der Waals surface area contributed by atoms with E-state index in [4.69, 9.17) is 17.3 Å². The van der Waals surface area contributed by atoms with Gasteiger partial charge in [-0.1, -0.05) is 37.6 Å². The molecule has 1 amide bonds. The predicted molar refractivity (Wildman–Crippen MR) is 67.5 cm³/mol. The number of carbonyl (C=O) groups is 1. The summed E-state index contributed by atoms with van der Waals surface area (Å²) in [6.07, 6.45) is 0.384. The monoisotopic (exact) mass is 240 g/mol. The van der Waals surface area contributed by atoms with Crippen LogP contribution < -0.4 is 11.1 Å². The molecule has 0 aliphatic rings. The summed E-state index contributed by atoms with van der Waals surface area (Å²) in [6, 6.07) is 7.16. The SMILES string of the molecule is CC(C)(CN)CC(=O)Nc1ccccc1Cl. The Morgan fingerprint density at radius 3 is 2.62 bits per heavy atom. The van der Waals surface area contributed by atoms with Crippen LogP contribution in [0.3, 0.4) is 0 Å². The van der Waals surface area contributed by atoms with E-state index in [9.17, 15) is 4.79 Å². The fourth-order valence-corrected chi connectivity index (χ4v) is 1.45. The number of hydrogen-bond acceptors (Lipinski definition) is 2. The average molecular weight is 241 g/mol. The van der Waals surface area contributed by atoms with Crippen LogP contribution in [0.15, 0.2) is 24.3 Å². The summed E-state index contributed by atoms with van der Waals surface area (Å²) in [7, 11) is 0. The van der Waals surface area contributed by atoms with E-state index >= 15 is 0 Å². The summed E-state index contributed by atoms with van der Waals surface area (Å²) in [5, 5.41) is 3.32. The van der Waals surface area contributed by atoms with Gasteiger partial charge in [0.25, 0.3) is 0 Å². The highest BCUT2D eigenvalue weighted by molar-refractivity contribution is 6.33. The molecule has 0 fully saturated rings. The van der Waals surface area contributed by atoms with Crippen molar-refractivity contribution in [3.63, 3.8) is 0 Å². The molecule has 4 heteroatoms. The van der Waals surface area contributed by atoms with Crippen molar-refractivity contribution >= 4 is 23.2 Å². The van der Waals surface area contributed by atoms with Crippen LogP contribution in [0.25, 0.3) is 0 Å². The molecule has 1 aromatic rings. The van der Waals surface area contributed by atoms with Gasteiger partial charge in [0, 0.05) is 6.42 Å². The van der Waals surface area contributed by atoms with Gasteiger partial charge in [-0.25, -0.2) is 0 Å². The minimum absolute atomic E-state index is 0.0662. The summed E-state index contributed by atoms with van der Waals surface area (Å²) in [5.74, 6) is -0.0662. The van der Waals surface area contributed by atoms with Crippen LogP contribution in [0.1, 0.15) is 20.3 Å². The zero-order chi connectivity index (χ0) is 12.2. The Morgan fingerprint density at radius 2 is 2.06 bits per heavy atom. The Kier molecular flexibility index (Phi) is 4.33. The highest BCUT2D eigenvalue weighted by Gasteiger charge is 2.20. The van der Waals surface area contributed by atoms with E-state index in [1.165, 1.54) is 0 Å². The van der Waals surface area contributed by atoms with Gasteiger partial charge in [-0.2, -0.15) is 0 Å². The number of nitrogens with two attached hydrogens (primary N) is 1. The van der Waals surface area contributed by atoms with Gasteiger partial charge in [0.2, 0.25) is 5.91 Å². The molecule has 3 N–H and O–H groups in total. The zero-order valence-corrected chi connectivity index (χ0v) is 10.3. The number of amides is 1. The Hall–Kier alpha value is -1.06. The van der Waals surface area contributed by atoms with Crippen molar-refractivity contribution in [2.75, 3.05) is 11.9 Å². The van der Waals surface area contributed by atoms with E-state index in [0.29, 0.717) is 23.7 Å². The van der Waals surface area contributed by atoms with Crippen molar-refractivity contribution in [1.29, 1.82) is 0 Å². The third kappa shape index (κ3) is 3.83. The molecular weight excluding hydrogens is 224 g/mol. The number of nitrogens with one attached hydrogen (secondary N) is 1. The van der Waals surface area contributed by atoms with Gasteiger partial charge in [0.05, 0.1) is 10.7 Å². The molecule has 3 nitrogen and oxygen atoms in total. The van der Waals surface area contributed by atoms with E-state index in [1.807, 2.05) is 26.0 Å². The smallest absolute Gasteiger partial charge is 0.224 e. The lowest BCUT2D eigenvalue weighted by Gasteiger charge is -2.21. The van der Waals surface area contributed by atoms with Gasteiger partial charge < -0.3 is 11.1 Å². The number of benzene rings is 1. The predicted octanol–water partition coefficient (Wildman–Crippen LogP) is 2.65. The van der Waals surface area contributed by atoms with Gasteiger partial charge in [-0.15, -0.1) is 0 Å². The lowest BCUT2D eigenvalue weighted by molar-refractivity contribution is -0.117. The van der Waals surface area contributed by atoms with Crippen molar-refractivity contribution in [3.8, 4) is 0 Å².